The molecule has 2 N–H and O–H groups in total. The molecule has 0 bridgehead atoms. The molecule has 0 saturated carbocycles. The molecule has 0 amide bonds. The molecule has 6 nitrogen and oxygen atoms in total. The van der Waals surface area contributed by atoms with Gasteiger partial charge in [-0.1, -0.05) is 28.9 Å². The van der Waals surface area contributed by atoms with Crippen molar-refractivity contribution in [1.82, 2.24) is 10.5 Å². The smallest absolute Gasteiger partial charge is 0.308 e. The maximum atomic E-state index is 14.0. The zero-order valence-corrected chi connectivity index (χ0v) is 17.0. The van der Waals surface area contributed by atoms with Crippen LogP contribution in [-0.4, -0.2) is 29.3 Å². The molecule has 162 valence electrons. The number of carboxylic acid groups (broad SMARTS) is 1. The number of nitrogens with zero attached hydrogens (tertiary/aromatic N) is 1. The molecule has 1 fully saturated rings. The van der Waals surface area contributed by atoms with E-state index in [-0.39, 0.29) is 28.8 Å². The lowest BCUT2D eigenvalue weighted by atomic mass is 9.81. The predicted molar refractivity (Wildman–Crippen MR) is 109 cm³/mol. The van der Waals surface area contributed by atoms with Crippen LogP contribution in [0.25, 0.3) is 11.3 Å². The zero-order valence-electron chi connectivity index (χ0n) is 16.3. The molecule has 9 heteroatoms. The van der Waals surface area contributed by atoms with E-state index in [1.54, 1.807) is 12.1 Å². The third kappa shape index (κ3) is 4.55. The molecule has 2 atom stereocenters. The quantitative estimate of drug-likeness (QED) is 0.535. The highest BCUT2D eigenvalue weighted by molar-refractivity contribution is 6.33. The van der Waals surface area contributed by atoms with Gasteiger partial charge < -0.3 is 19.7 Å². The van der Waals surface area contributed by atoms with Gasteiger partial charge in [0.1, 0.15) is 29.7 Å². The van der Waals surface area contributed by atoms with Gasteiger partial charge in [-0.15, -0.1) is 0 Å². The summed E-state index contributed by atoms with van der Waals surface area (Å²) in [4.78, 5) is 11.5. The van der Waals surface area contributed by atoms with Gasteiger partial charge in [-0.05, 0) is 48.7 Å². The van der Waals surface area contributed by atoms with Gasteiger partial charge in [0.05, 0.1) is 16.5 Å². The summed E-state index contributed by atoms with van der Waals surface area (Å²) in [7, 11) is 0. The summed E-state index contributed by atoms with van der Waals surface area (Å²) < 4.78 is 38.5. The lowest BCUT2D eigenvalue weighted by Gasteiger charge is -2.29. The number of benzene rings is 2. The maximum absolute atomic E-state index is 14.0. The summed E-state index contributed by atoms with van der Waals surface area (Å²) in [6.07, 6.45) is 0.747. The first-order valence-corrected chi connectivity index (χ1v) is 10.1. The lowest BCUT2D eigenvalue weighted by molar-refractivity contribution is -0.142. The molecule has 0 spiro atoms. The number of hydrogen-bond donors (Lipinski definition) is 2. The van der Waals surface area contributed by atoms with Crippen LogP contribution in [0.15, 0.2) is 47.0 Å². The van der Waals surface area contributed by atoms with Crippen molar-refractivity contribution in [3.05, 3.63) is 70.4 Å². The van der Waals surface area contributed by atoms with Gasteiger partial charge in [-0.2, -0.15) is 0 Å². The fourth-order valence-electron chi connectivity index (χ4n) is 3.74. The van der Waals surface area contributed by atoms with E-state index in [1.807, 2.05) is 12.1 Å². The van der Waals surface area contributed by atoms with Crippen LogP contribution in [0, 0.1) is 17.6 Å². The van der Waals surface area contributed by atoms with Crippen LogP contribution in [-0.2, 0) is 11.4 Å². The number of carbonyl (C=O) groups is 1. The zero-order chi connectivity index (χ0) is 22.0. The molecule has 31 heavy (non-hydrogen) atoms. The largest absolute Gasteiger partial charge is 0.486 e. The Hall–Kier alpha value is -2.97. The van der Waals surface area contributed by atoms with Crippen molar-refractivity contribution in [3.63, 3.8) is 0 Å². The van der Waals surface area contributed by atoms with E-state index in [9.17, 15) is 18.7 Å². The number of aromatic nitrogens is 1. The summed E-state index contributed by atoms with van der Waals surface area (Å²) in [5, 5.41) is 15.9. The van der Waals surface area contributed by atoms with E-state index in [4.69, 9.17) is 20.9 Å². The van der Waals surface area contributed by atoms with E-state index in [0.717, 1.165) is 30.7 Å². The van der Waals surface area contributed by atoms with Crippen LogP contribution in [0.1, 0.15) is 23.7 Å². The van der Waals surface area contributed by atoms with E-state index >= 15 is 0 Å². The van der Waals surface area contributed by atoms with Crippen LogP contribution < -0.4 is 10.1 Å². The van der Waals surface area contributed by atoms with E-state index in [2.05, 4.69) is 10.5 Å². The van der Waals surface area contributed by atoms with Gasteiger partial charge in [-0.25, -0.2) is 8.78 Å². The average molecular weight is 449 g/mol. The minimum atomic E-state index is -0.812. The summed E-state index contributed by atoms with van der Waals surface area (Å²) in [5.74, 6) is -1.94. The van der Waals surface area contributed by atoms with Gasteiger partial charge >= 0.3 is 5.97 Å². The number of ether oxygens (including phenoxy) is 1. The van der Waals surface area contributed by atoms with E-state index < -0.39 is 23.5 Å². The van der Waals surface area contributed by atoms with Crippen molar-refractivity contribution < 1.29 is 27.9 Å². The Balaban J connectivity index is 1.43. The Kier molecular flexibility index (Phi) is 6.20. The highest BCUT2D eigenvalue weighted by Gasteiger charge is 2.31. The van der Waals surface area contributed by atoms with Gasteiger partial charge in [0.25, 0.3) is 0 Å². The van der Waals surface area contributed by atoms with Crippen LogP contribution in [0.3, 0.4) is 0 Å². The summed E-state index contributed by atoms with van der Waals surface area (Å²) >= 11 is 5.86. The molecule has 0 aliphatic carbocycles. The van der Waals surface area contributed by atoms with Crippen molar-refractivity contribution in [1.29, 1.82) is 0 Å². The second-order valence-corrected chi connectivity index (χ2v) is 7.68. The number of aliphatic carboxylic acids is 1. The Labute approximate surface area is 181 Å². The molecular formula is C22H19ClF2N2O4. The second-order valence-electron chi connectivity index (χ2n) is 7.30. The first-order chi connectivity index (χ1) is 14.9. The van der Waals surface area contributed by atoms with Crippen LogP contribution in [0.2, 0.25) is 5.02 Å². The number of carboxylic acids is 1. The van der Waals surface area contributed by atoms with Crippen molar-refractivity contribution >= 4 is 17.6 Å². The molecule has 1 aliphatic heterocycles. The molecule has 0 radical (unpaired) electrons. The minimum Gasteiger partial charge on any atom is -0.486 e. The van der Waals surface area contributed by atoms with E-state index in [1.165, 1.54) is 6.07 Å². The summed E-state index contributed by atoms with van der Waals surface area (Å²) in [6.45, 7) is 1.24. The number of hydrogen-bond acceptors (Lipinski definition) is 5. The van der Waals surface area contributed by atoms with Crippen LogP contribution in [0.5, 0.6) is 5.75 Å². The van der Waals surface area contributed by atoms with Crippen LogP contribution >= 0.6 is 11.6 Å². The van der Waals surface area contributed by atoms with Gasteiger partial charge in [-0.3, -0.25) is 4.79 Å². The third-order valence-electron chi connectivity index (χ3n) is 5.35. The SMILES string of the molecule is O=C(O)C1CNCCC1c1ccc(OCc2cc(-c3c(F)ccc(F)c3Cl)no2)cc1. The Bertz CT molecular complexity index is 1090. The first kappa shape index (κ1) is 21.3. The van der Waals surface area contributed by atoms with Crippen molar-refractivity contribution in [3.8, 4) is 17.0 Å². The number of rotatable bonds is 6. The molecule has 2 heterocycles. The van der Waals surface area contributed by atoms with Gasteiger partial charge in [0.15, 0.2) is 5.76 Å². The maximum Gasteiger partial charge on any atom is 0.308 e. The highest BCUT2D eigenvalue weighted by atomic mass is 35.5. The molecular weight excluding hydrogens is 430 g/mol. The molecule has 2 unspecified atom stereocenters. The minimum absolute atomic E-state index is 0.0198. The summed E-state index contributed by atoms with van der Waals surface area (Å²) in [5.41, 5.74) is 0.844. The normalized spacial score (nSPS) is 18.7. The Morgan fingerprint density at radius 3 is 2.71 bits per heavy atom. The molecule has 3 aromatic rings. The monoisotopic (exact) mass is 448 g/mol. The molecule has 1 aromatic heterocycles. The van der Waals surface area contributed by atoms with Gasteiger partial charge in [0.2, 0.25) is 0 Å². The topological polar surface area (TPSA) is 84.6 Å². The lowest BCUT2D eigenvalue weighted by Crippen LogP contribution is -2.39. The van der Waals surface area contributed by atoms with Crippen molar-refractivity contribution in [2.45, 2.75) is 18.9 Å². The van der Waals surface area contributed by atoms with Gasteiger partial charge in [0, 0.05) is 12.6 Å². The number of nitrogens with one attached hydrogen (secondary N) is 1. The third-order valence-corrected chi connectivity index (χ3v) is 5.72. The fraction of sp³-hybridized carbons (Fsp3) is 0.273. The summed E-state index contributed by atoms with van der Waals surface area (Å²) in [6, 6.07) is 10.6. The molecule has 4 rings (SSSR count). The average Bonchev–Trinajstić information content (AvgIpc) is 3.24. The Morgan fingerprint density at radius 1 is 1.23 bits per heavy atom. The molecule has 2 aromatic carbocycles. The predicted octanol–water partition coefficient (Wildman–Crippen LogP) is 4.63. The molecule has 1 saturated heterocycles. The number of piperidine rings is 1. The van der Waals surface area contributed by atoms with Crippen LogP contribution in [0.4, 0.5) is 8.78 Å². The highest BCUT2D eigenvalue weighted by Crippen LogP contribution is 2.33. The van der Waals surface area contributed by atoms with Crippen molar-refractivity contribution in [2.75, 3.05) is 13.1 Å². The second kappa shape index (κ2) is 9.03. The molecule has 1 aliphatic rings. The fourth-order valence-corrected chi connectivity index (χ4v) is 3.99. The Morgan fingerprint density at radius 2 is 1.97 bits per heavy atom. The first-order valence-electron chi connectivity index (χ1n) is 9.70. The van der Waals surface area contributed by atoms with Crippen molar-refractivity contribution in [2.24, 2.45) is 5.92 Å². The van der Waals surface area contributed by atoms with E-state index in [0.29, 0.717) is 18.1 Å². The standard InChI is InChI=1S/C22H19ClF2N2O4/c23-21-18(25)6-5-17(24)20(21)19-9-14(31-27-19)11-30-13-3-1-12(2-4-13)15-7-8-26-10-16(15)22(28)29/h1-6,9,15-16,26H,7-8,10-11H2,(H,28,29). The number of halogens is 3.